The van der Waals surface area contributed by atoms with Gasteiger partial charge < -0.3 is 14.5 Å². The lowest BCUT2D eigenvalue weighted by atomic mass is 10.3. The molecule has 0 spiro atoms. The maximum atomic E-state index is 4.56. The van der Waals surface area contributed by atoms with Crippen LogP contribution in [0, 0.1) is 0 Å². The van der Waals surface area contributed by atoms with Crippen LogP contribution in [-0.4, -0.2) is 30.9 Å². The third-order valence-corrected chi connectivity index (χ3v) is 3.22. The Hall–Kier alpha value is -2.37. The second kappa shape index (κ2) is 4.72. The number of imidazole rings is 1. The predicted octanol–water partition coefficient (Wildman–Crippen LogP) is 1.36. The number of hydrogen-bond donors (Lipinski definition) is 1. The van der Waals surface area contributed by atoms with Crippen LogP contribution in [0.4, 0.5) is 5.95 Å². The van der Waals surface area contributed by atoms with Crippen molar-refractivity contribution in [1.82, 2.24) is 24.3 Å². The van der Waals surface area contributed by atoms with Crippen molar-refractivity contribution in [2.45, 2.75) is 6.42 Å². The molecule has 0 aliphatic heterocycles. The smallest absolute Gasteiger partial charge is 0.203 e. The van der Waals surface area contributed by atoms with E-state index in [1.807, 2.05) is 36.9 Å². The number of hydrogen-bond acceptors (Lipinski definition) is 4. The molecule has 0 saturated carbocycles. The van der Waals surface area contributed by atoms with Crippen molar-refractivity contribution in [3.8, 4) is 0 Å². The summed E-state index contributed by atoms with van der Waals surface area (Å²) in [5.41, 5.74) is 2.13. The summed E-state index contributed by atoms with van der Waals surface area (Å²) in [6.45, 7) is 0.781. The molecule has 1 N–H and O–H groups in total. The Morgan fingerprint density at radius 2 is 2.05 bits per heavy atom. The average Bonchev–Trinajstić information content (AvgIpc) is 2.96. The van der Waals surface area contributed by atoms with E-state index in [0.717, 1.165) is 35.8 Å². The van der Waals surface area contributed by atoms with Crippen molar-refractivity contribution in [2.75, 3.05) is 11.9 Å². The molecule has 2 aromatic heterocycles. The van der Waals surface area contributed by atoms with Crippen LogP contribution in [0.3, 0.4) is 0 Å². The highest BCUT2D eigenvalue weighted by atomic mass is 15.3. The van der Waals surface area contributed by atoms with E-state index >= 15 is 0 Å². The van der Waals surface area contributed by atoms with Gasteiger partial charge in [0.2, 0.25) is 5.95 Å². The zero-order valence-electron chi connectivity index (χ0n) is 11.0. The van der Waals surface area contributed by atoms with E-state index in [0.29, 0.717) is 0 Å². The molecule has 0 radical (unpaired) electrons. The van der Waals surface area contributed by atoms with Gasteiger partial charge in [-0.1, -0.05) is 12.1 Å². The lowest BCUT2D eigenvalue weighted by Crippen LogP contribution is -2.11. The Morgan fingerprint density at radius 1 is 1.21 bits per heavy atom. The maximum Gasteiger partial charge on any atom is 0.203 e. The average molecular weight is 256 g/mol. The molecule has 2 heterocycles. The first kappa shape index (κ1) is 11.7. The molecule has 3 rings (SSSR count). The van der Waals surface area contributed by atoms with Gasteiger partial charge in [-0.15, -0.1) is 10.2 Å². The number of anilines is 1. The number of fused-ring (bicyclic) bond motifs is 1. The molecule has 98 valence electrons. The van der Waals surface area contributed by atoms with Gasteiger partial charge >= 0.3 is 0 Å². The molecule has 19 heavy (non-hydrogen) atoms. The number of nitrogens with zero attached hydrogens (tertiary/aromatic N) is 5. The molecular weight excluding hydrogens is 240 g/mol. The molecule has 0 aliphatic rings. The number of benzene rings is 1. The Labute approximate surface area is 111 Å². The van der Waals surface area contributed by atoms with Gasteiger partial charge in [-0.2, -0.15) is 0 Å². The SMILES string of the molecule is Cn1cnnc1CCNc1nc2ccccc2n1C. The zero-order chi connectivity index (χ0) is 13.2. The lowest BCUT2D eigenvalue weighted by molar-refractivity contribution is 0.782. The fourth-order valence-corrected chi connectivity index (χ4v) is 2.12. The molecule has 6 nitrogen and oxygen atoms in total. The first-order valence-corrected chi connectivity index (χ1v) is 6.24. The van der Waals surface area contributed by atoms with Crippen LogP contribution in [0.2, 0.25) is 0 Å². The summed E-state index contributed by atoms with van der Waals surface area (Å²) in [5.74, 6) is 1.84. The predicted molar refractivity (Wildman–Crippen MR) is 73.9 cm³/mol. The van der Waals surface area contributed by atoms with Crippen LogP contribution in [0.25, 0.3) is 11.0 Å². The van der Waals surface area contributed by atoms with E-state index in [2.05, 4.69) is 31.1 Å². The monoisotopic (exact) mass is 256 g/mol. The summed E-state index contributed by atoms with van der Waals surface area (Å²) in [4.78, 5) is 4.56. The van der Waals surface area contributed by atoms with Gasteiger partial charge in [-0.25, -0.2) is 4.98 Å². The molecule has 0 fully saturated rings. The first-order chi connectivity index (χ1) is 9.25. The molecular formula is C13H16N6. The highest BCUT2D eigenvalue weighted by Gasteiger charge is 2.06. The van der Waals surface area contributed by atoms with Crippen LogP contribution >= 0.6 is 0 Å². The minimum atomic E-state index is 0.781. The van der Waals surface area contributed by atoms with Gasteiger partial charge in [0.05, 0.1) is 11.0 Å². The van der Waals surface area contributed by atoms with E-state index in [9.17, 15) is 0 Å². The van der Waals surface area contributed by atoms with Crippen molar-refractivity contribution in [3.05, 3.63) is 36.4 Å². The van der Waals surface area contributed by atoms with Crippen LogP contribution < -0.4 is 5.32 Å². The zero-order valence-corrected chi connectivity index (χ0v) is 11.0. The topological polar surface area (TPSA) is 60.6 Å². The third kappa shape index (κ3) is 2.16. The first-order valence-electron chi connectivity index (χ1n) is 6.24. The Kier molecular flexibility index (Phi) is 2.91. The summed E-state index contributed by atoms with van der Waals surface area (Å²) in [6.07, 6.45) is 2.53. The van der Waals surface area contributed by atoms with Crippen molar-refractivity contribution in [1.29, 1.82) is 0 Å². The van der Waals surface area contributed by atoms with Crippen LogP contribution in [0.1, 0.15) is 5.82 Å². The standard InChI is InChI=1S/C13H16N6/c1-18-9-15-17-12(18)7-8-14-13-16-10-5-3-4-6-11(10)19(13)2/h3-6,9H,7-8H2,1-2H3,(H,14,16). The number of aryl methyl sites for hydroxylation is 2. The maximum absolute atomic E-state index is 4.56. The minimum Gasteiger partial charge on any atom is -0.355 e. The second-order valence-corrected chi connectivity index (χ2v) is 4.52. The van der Waals surface area contributed by atoms with Gasteiger partial charge in [0.25, 0.3) is 0 Å². The van der Waals surface area contributed by atoms with Gasteiger partial charge in [0, 0.05) is 27.1 Å². The Morgan fingerprint density at radius 3 is 2.79 bits per heavy atom. The third-order valence-electron chi connectivity index (χ3n) is 3.22. The quantitative estimate of drug-likeness (QED) is 0.765. The van der Waals surface area contributed by atoms with Crippen LogP contribution in [-0.2, 0) is 20.5 Å². The molecule has 0 bridgehead atoms. The molecule has 6 heteroatoms. The number of aromatic nitrogens is 5. The summed E-state index contributed by atoms with van der Waals surface area (Å²) in [6, 6.07) is 8.10. The molecule has 0 aliphatic carbocycles. The van der Waals surface area contributed by atoms with Crippen molar-refractivity contribution in [3.63, 3.8) is 0 Å². The molecule has 0 saturated heterocycles. The van der Waals surface area contributed by atoms with E-state index in [-0.39, 0.29) is 0 Å². The molecule has 1 aromatic carbocycles. The largest absolute Gasteiger partial charge is 0.355 e. The summed E-state index contributed by atoms with van der Waals surface area (Å²) in [5, 5.41) is 11.3. The number of rotatable bonds is 4. The molecule has 0 atom stereocenters. The van der Waals surface area contributed by atoms with Gasteiger partial charge in [0.1, 0.15) is 12.2 Å². The van der Waals surface area contributed by atoms with Crippen LogP contribution in [0.5, 0.6) is 0 Å². The molecule has 0 amide bonds. The summed E-state index contributed by atoms with van der Waals surface area (Å²) < 4.78 is 3.99. The highest BCUT2D eigenvalue weighted by molar-refractivity contribution is 5.78. The van der Waals surface area contributed by atoms with E-state index in [4.69, 9.17) is 0 Å². The van der Waals surface area contributed by atoms with E-state index < -0.39 is 0 Å². The van der Waals surface area contributed by atoms with E-state index in [1.165, 1.54) is 0 Å². The summed E-state index contributed by atoms with van der Waals surface area (Å²) >= 11 is 0. The number of para-hydroxylation sites is 2. The summed E-state index contributed by atoms with van der Waals surface area (Å²) in [7, 11) is 3.96. The van der Waals surface area contributed by atoms with Gasteiger partial charge in [-0.05, 0) is 12.1 Å². The Balaban J connectivity index is 1.72. The number of nitrogens with one attached hydrogen (secondary N) is 1. The van der Waals surface area contributed by atoms with Crippen molar-refractivity contribution in [2.24, 2.45) is 14.1 Å². The fraction of sp³-hybridized carbons (Fsp3) is 0.308. The van der Waals surface area contributed by atoms with Crippen molar-refractivity contribution < 1.29 is 0 Å². The lowest BCUT2D eigenvalue weighted by Gasteiger charge is -2.05. The Bertz CT molecular complexity index is 696. The van der Waals surface area contributed by atoms with Gasteiger partial charge in [0.15, 0.2) is 0 Å². The highest BCUT2D eigenvalue weighted by Crippen LogP contribution is 2.17. The van der Waals surface area contributed by atoms with E-state index in [1.54, 1.807) is 6.33 Å². The molecule has 3 aromatic rings. The minimum absolute atomic E-state index is 0.781. The normalized spacial score (nSPS) is 11.1. The molecule has 0 unspecified atom stereocenters. The van der Waals surface area contributed by atoms with Crippen LogP contribution in [0.15, 0.2) is 30.6 Å². The fourth-order valence-electron chi connectivity index (χ4n) is 2.12. The van der Waals surface area contributed by atoms with Gasteiger partial charge in [-0.3, -0.25) is 0 Å². The van der Waals surface area contributed by atoms with Crippen molar-refractivity contribution >= 4 is 17.0 Å². The second-order valence-electron chi connectivity index (χ2n) is 4.52.